The van der Waals surface area contributed by atoms with Crippen LogP contribution in [0.4, 0.5) is 0 Å². The third-order valence-corrected chi connectivity index (χ3v) is 5.70. The first-order valence-corrected chi connectivity index (χ1v) is 10.0. The molecule has 7 heteroatoms. The van der Waals surface area contributed by atoms with E-state index in [1.807, 2.05) is 0 Å². The summed E-state index contributed by atoms with van der Waals surface area (Å²) < 4.78 is 5.40. The van der Waals surface area contributed by atoms with Gasteiger partial charge in [0.25, 0.3) is 0 Å². The number of ether oxygens (including phenoxy) is 1. The maximum Gasteiger partial charge on any atom is 0.124 e. The summed E-state index contributed by atoms with van der Waals surface area (Å²) in [5.41, 5.74) is 2.30. The molecular weight excluding hydrogens is 340 g/mol. The molecule has 5 nitrogen and oxygen atoms in total. The SMILES string of the molecule is N#CCCN(CCN1CCOCC1)Cc1csc(-c2ccsc2)n1. The molecule has 0 N–H and O–H groups in total. The Morgan fingerprint density at radius 3 is 2.92 bits per heavy atom. The summed E-state index contributed by atoms with van der Waals surface area (Å²) in [6.45, 7) is 7.26. The van der Waals surface area contributed by atoms with Crippen LogP contribution in [-0.2, 0) is 11.3 Å². The highest BCUT2D eigenvalue weighted by atomic mass is 32.1. The zero-order valence-electron chi connectivity index (χ0n) is 13.7. The fraction of sp³-hybridized carbons (Fsp3) is 0.529. The molecule has 0 radical (unpaired) electrons. The number of hydrogen-bond donors (Lipinski definition) is 0. The molecule has 0 saturated carbocycles. The van der Waals surface area contributed by atoms with Gasteiger partial charge in [-0.05, 0) is 11.4 Å². The maximum atomic E-state index is 8.91. The van der Waals surface area contributed by atoms with Crippen LogP contribution in [0.3, 0.4) is 0 Å². The standard InChI is InChI=1S/C17H22N4OS2/c18-3-1-4-21(6-5-20-7-9-22-10-8-20)12-16-14-24-17(19-16)15-2-11-23-13-15/h2,11,13-14H,1,4-10,12H2. The van der Waals surface area contributed by atoms with Gasteiger partial charge in [0.2, 0.25) is 0 Å². The van der Waals surface area contributed by atoms with Crippen molar-refractivity contribution in [2.75, 3.05) is 45.9 Å². The molecule has 2 aromatic heterocycles. The van der Waals surface area contributed by atoms with E-state index in [9.17, 15) is 0 Å². The predicted octanol–water partition coefficient (Wildman–Crippen LogP) is 2.92. The largest absolute Gasteiger partial charge is 0.379 e. The third kappa shape index (κ3) is 5.10. The lowest BCUT2D eigenvalue weighted by atomic mass is 10.3. The molecular formula is C17H22N4OS2. The van der Waals surface area contributed by atoms with Gasteiger partial charge in [-0.2, -0.15) is 16.6 Å². The number of nitrogens with zero attached hydrogens (tertiary/aromatic N) is 4. The summed E-state index contributed by atoms with van der Waals surface area (Å²) in [6, 6.07) is 4.37. The molecule has 24 heavy (non-hydrogen) atoms. The molecule has 0 bridgehead atoms. The van der Waals surface area contributed by atoms with Gasteiger partial charge in [-0.15, -0.1) is 11.3 Å². The van der Waals surface area contributed by atoms with E-state index in [2.05, 4.69) is 38.1 Å². The van der Waals surface area contributed by atoms with Gasteiger partial charge in [0.05, 0.1) is 25.0 Å². The Labute approximate surface area is 151 Å². The quantitative estimate of drug-likeness (QED) is 0.723. The van der Waals surface area contributed by atoms with E-state index in [1.165, 1.54) is 5.56 Å². The van der Waals surface area contributed by atoms with E-state index < -0.39 is 0 Å². The molecule has 3 heterocycles. The smallest absolute Gasteiger partial charge is 0.124 e. The van der Waals surface area contributed by atoms with Crippen LogP contribution in [0.25, 0.3) is 10.6 Å². The van der Waals surface area contributed by atoms with Crippen molar-refractivity contribution in [1.82, 2.24) is 14.8 Å². The molecule has 1 aliphatic heterocycles. The zero-order valence-corrected chi connectivity index (χ0v) is 15.3. The van der Waals surface area contributed by atoms with Crippen molar-refractivity contribution in [3.63, 3.8) is 0 Å². The Balaban J connectivity index is 1.56. The van der Waals surface area contributed by atoms with Gasteiger partial charge < -0.3 is 4.74 Å². The fourth-order valence-corrected chi connectivity index (χ4v) is 4.24. The molecule has 1 saturated heterocycles. The van der Waals surface area contributed by atoms with Crippen LogP contribution in [0.5, 0.6) is 0 Å². The van der Waals surface area contributed by atoms with Crippen LogP contribution in [0.2, 0.25) is 0 Å². The van der Waals surface area contributed by atoms with E-state index in [0.29, 0.717) is 6.42 Å². The first-order chi connectivity index (χ1) is 11.8. The number of aromatic nitrogens is 1. The van der Waals surface area contributed by atoms with Gasteiger partial charge in [-0.1, -0.05) is 0 Å². The molecule has 1 fully saturated rings. The van der Waals surface area contributed by atoms with Crippen molar-refractivity contribution in [3.05, 3.63) is 27.9 Å². The summed E-state index contributed by atoms with van der Waals surface area (Å²) in [5, 5.41) is 16.3. The van der Waals surface area contributed by atoms with Crippen LogP contribution in [0.1, 0.15) is 12.1 Å². The Bertz CT molecular complexity index is 644. The number of rotatable bonds is 8. The van der Waals surface area contributed by atoms with Crippen LogP contribution < -0.4 is 0 Å². The van der Waals surface area contributed by atoms with Crippen LogP contribution in [-0.4, -0.2) is 60.7 Å². The lowest BCUT2D eigenvalue weighted by molar-refractivity contribution is 0.0330. The van der Waals surface area contributed by atoms with Gasteiger partial charge in [0.1, 0.15) is 5.01 Å². The van der Waals surface area contributed by atoms with E-state index in [1.54, 1.807) is 22.7 Å². The van der Waals surface area contributed by atoms with Crippen molar-refractivity contribution in [1.29, 1.82) is 5.26 Å². The van der Waals surface area contributed by atoms with E-state index in [0.717, 1.165) is 63.2 Å². The minimum atomic E-state index is 0.560. The lowest BCUT2D eigenvalue weighted by Gasteiger charge is -2.29. The second-order valence-electron chi connectivity index (χ2n) is 5.79. The Morgan fingerprint density at radius 2 is 2.17 bits per heavy atom. The molecule has 1 aliphatic rings. The minimum Gasteiger partial charge on any atom is -0.379 e. The molecule has 0 aromatic carbocycles. The highest BCUT2D eigenvalue weighted by Gasteiger charge is 2.14. The molecule has 0 spiro atoms. The summed E-state index contributed by atoms with van der Waals surface area (Å²) in [6.07, 6.45) is 0.560. The zero-order chi connectivity index (χ0) is 16.6. The van der Waals surface area contributed by atoms with E-state index >= 15 is 0 Å². The monoisotopic (exact) mass is 362 g/mol. The Kier molecular flexibility index (Phi) is 6.75. The Morgan fingerprint density at radius 1 is 1.29 bits per heavy atom. The molecule has 0 amide bonds. The molecule has 3 rings (SSSR count). The summed E-state index contributed by atoms with van der Waals surface area (Å²) in [7, 11) is 0. The second-order valence-corrected chi connectivity index (χ2v) is 7.43. The average Bonchev–Trinajstić information content (AvgIpc) is 3.29. The second kappa shape index (κ2) is 9.25. The number of thiophene rings is 1. The highest BCUT2D eigenvalue weighted by molar-refractivity contribution is 7.14. The van der Waals surface area contributed by atoms with Gasteiger partial charge in [0, 0.05) is 62.0 Å². The summed E-state index contributed by atoms with van der Waals surface area (Å²) in [4.78, 5) is 9.53. The average molecular weight is 363 g/mol. The molecule has 0 atom stereocenters. The van der Waals surface area contributed by atoms with Crippen molar-refractivity contribution < 1.29 is 4.74 Å². The summed E-state index contributed by atoms with van der Waals surface area (Å²) >= 11 is 3.39. The normalized spacial score (nSPS) is 15.7. The number of hydrogen-bond acceptors (Lipinski definition) is 7. The molecule has 128 valence electrons. The van der Waals surface area contributed by atoms with Gasteiger partial charge in [0.15, 0.2) is 0 Å². The van der Waals surface area contributed by atoms with Gasteiger partial charge in [-0.3, -0.25) is 9.80 Å². The first-order valence-electron chi connectivity index (χ1n) is 8.21. The molecule has 0 unspecified atom stereocenters. The topological polar surface area (TPSA) is 52.4 Å². The third-order valence-electron chi connectivity index (χ3n) is 4.08. The van der Waals surface area contributed by atoms with Crippen molar-refractivity contribution in [2.24, 2.45) is 0 Å². The fourth-order valence-electron chi connectivity index (χ4n) is 2.71. The van der Waals surface area contributed by atoms with Crippen LogP contribution >= 0.6 is 22.7 Å². The Hall–Kier alpha value is -1.30. The van der Waals surface area contributed by atoms with Crippen molar-refractivity contribution >= 4 is 22.7 Å². The number of morpholine rings is 1. The molecule has 0 aliphatic carbocycles. The lowest BCUT2D eigenvalue weighted by Crippen LogP contribution is -2.41. The van der Waals surface area contributed by atoms with Gasteiger partial charge >= 0.3 is 0 Å². The summed E-state index contributed by atoms with van der Waals surface area (Å²) in [5.74, 6) is 0. The van der Waals surface area contributed by atoms with E-state index in [4.69, 9.17) is 15.0 Å². The van der Waals surface area contributed by atoms with Gasteiger partial charge in [-0.25, -0.2) is 4.98 Å². The maximum absolute atomic E-state index is 8.91. The van der Waals surface area contributed by atoms with Crippen molar-refractivity contribution in [3.8, 4) is 16.6 Å². The molecule has 2 aromatic rings. The minimum absolute atomic E-state index is 0.560. The van der Waals surface area contributed by atoms with Crippen LogP contribution in [0.15, 0.2) is 22.2 Å². The van der Waals surface area contributed by atoms with Crippen LogP contribution in [0, 0.1) is 11.3 Å². The predicted molar refractivity (Wildman–Crippen MR) is 98.2 cm³/mol. The first kappa shape index (κ1) is 17.5. The highest BCUT2D eigenvalue weighted by Crippen LogP contribution is 2.26. The van der Waals surface area contributed by atoms with Crippen molar-refractivity contribution in [2.45, 2.75) is 13.0 Å². The number of thiazole rings is 1. The van der Waals surface area contributed by atoms with E-state index in [-0.39, 0.29) is 0 Å². The number of nitriles is 1.